The normalized spacial score (nSPS) is 19.9. The van der Waals surface area contributed by atoms with Crippen LogP contribution in [0, 0.1) is 0 Å². The molecule has 0 radical (unpaired) electrons. The van der Waals surface area contributed by atoms with Crippen molar-refractivity contribution in [1.82, 2.24) is 15.1 Å². The summed E-state index contributed by atoms with van der Waals surface area (Å²) in [5.74, 6) is -1.98. The van der Waals surface area contributed by atoms with Gasteiger partial charge in [-0.15, -0.1) is 0 Å². The van der Waals surface area contributed by atoms with E-state index < -0.39 is 29.7 Å². The predicted octanol–water partition coefficient (Wildman–Crippen LogP) is -0.765. The molecule has 0 aromatic heterocycles. The molecule has 0 bridgehead atoms. The van der Waals surface area contributed by atoms with Crippen LogP contribution in [0.4, 0.5) is 5.69 Å². The van der Waals surface area contributed by atoms with Gasteiger partial charge < -0.3 is 29.6 Å². The fourth-order valence-electron chi connectivity index (χ4n) is 4.92. The number of nitrogens with one attached hydrogen (secondary N) is 1. The zero-order chi connectivity index (χ0) is 28.3. The van der Waals surface area contributed by atoms with Gasteiger partial charge in [-0.25, -0.2) is 0 Å². The van der Waals surface area contributed by atoms with E-state index >= 15 is 0 Å². The largest absolute Gasteiger partial charge is 0.378 e. The summed E-state index contributed by atoms with van der Waals surface area (Å²) in [5, 5.41) is 2.22. The first-order chi connectivity index (χ1) is 19.5. The number of imide groups is 2. The smallest absolute Gasteiger partial charge is 0.262 e. The molecule has 1 atom stereocenters. The number of fused-ring (bicyclic) bond motifs is 1. The lowest BCUT2D eigenvalue weighted by Gasteiger charge is -2.36. The van der Waals surface area contributed by atoms with E-state index in [9.17, 15) is 19.2 Å². The Morgan fingerprint density at radius 1 is 0.775 bits per heavy atom. The summed E-state index contributed by atoms with van der Waals surface area (Å²) in [7, 11) is 0. The third-order valence-electron chi connectivity index (χ3n) is 7.09. The number of carbonyl (C=O) groups is 4. The summed E-state index contributed by atoms with van der Waals surface area (Å²) in [6.45, 7) is 8.87. The van der Waals surface area contributed by atoms with E-state index in [2.05, 4.69) is 15.1 Å². The van der Waals surface area contributed by atoms with E-state index in [0.29, 0.717) is 70.5 Å². The third-order valence-corrected chi connectivity index (χ3v) is 7.09. The molecule has 0 saturated carbocycles. The van der Waals surface area contributed by atoms with Crippen molar-refractivity contribution in [1.29, 1.82) is 0 Å². The number of anilines is 1. The quantitative estimate of drug-likeness (QED) is 0.193. The molecule has 13 heteroatoms. The highest BCUT2D eigenvalue weighted by atomic mass is 16.6. The molecule has 1 aromatic carbocycles. The van der Waals surface area contributed by atoms with Gasteiger partial charge in [0.05, 0.1) is 64.0 Å². The first-order valence-corrected chi connectivity index (χ1v) is 13.8. The number of ether oxygens (including phenoxy) is 4. The minimum atomic E-state index is -0.961. The van der Waals surface area contributed by atoms with Gasteiger partial charge in [-0.1, -0.05) is 0 Å². The molecule has 2 saturated heterocycles. The minimum absolute atomic E-state index is 0.0978. The van der Waals surface area contributed by atoms with Crippen molar-refractivity contribution in [2.75, 3.05) is 97.0 Å². The Balaban J connectivity index is 1.12. The lowest BCUT2D eigenvalue weighted by Crippen LogP contribution is -2.54. The van der Waals surface area contributed by atoms with Crippen molar-refractivity contribution < 1.29 is 38.1 Å². The van der Waals surface area contributed by atoms with Gasteiger partial charge in [0.25, 0.3) is 11.8 Å². The molecule has 40 heavy (non-hydrogen) atoms. The van der Waals surface area contributed by atoms with Gasteiger partial charge in [0.15, 0.2) is 0 Å². The first-order valence-electron chi connectivity index (χ1n) is 13.8. The number of rotatable bonds is 16. The predicted molar refractivity (Wildman–Crippen MR) is 144 cm³/mol. The van der Waals surface area contributed by atoms with Gasteiger partial charge in [-0.05, 0) is 24.6 Å². The standard InChI is InChI=1S/C27H39N5O8/c28-5-11-37-13-15-39-17-18-40-16-14-38-12-10-30-6-8-31(9-7-30)20-1-2-21-22(19-20)27(36)32(26(21)35)23-3-4-24(33)29-25(23)34/h1-2,19,23H,3-18,28H2,(H,29,33,34). The molecule has 3 N–H and O–H groups in total. The van der Waals surface area contributed by atoms with Crippen LogP contribution in [0.5, 0.6) is 0 Å². The van der Waals surface area contributed by atoms with Crippen LogP contribution < -0.4 is 16.0 Å². The lowest BCUT2D eigenvalue weighted by molar-refractivity contribution is -0.136. The highest BCUT2D eigenvalue weighted by Gasteiger charge is 2.44. The van der Waals surface area contributed by atoms with Crippen LogP contribution in [0.2, 0.25) is 0 Å². The second kappa shape index (κ2) is 15.2. The Morgan fingerprint density at radius 2 is 1.38 bits per heavy atom. The number of benzene rings is 1. The number of carbonyl (C=O) groups excluding carboxylic acids is 4. The SMILES string of the molecule is NCCOCCOCCOCCOCCN1CCN(c2ccc3c(c2)C(=O)N(C2CCC(=O)NC2=O)C3=O)CC1. The molecule has 2 fully saturated rings. The number of piperazine rings is 1. The number of hydrogen-bond acceptors (Lipinski definition) is 11. The summed E-state index contributed by atoms with van der Waals surface area (Å²) >= 11 is 0. The van der Waals surface area contributed by atoms with Gasteiger partial charge in [0, 0.05) is 51.4 Å². The molecule has 4 amide bonds. The van der Waals surface area contributed by atoms with Crippen LogP contribution >= 0.6 is 0 Å². The van der Waals surface area contributed by atoms with Crippen molar-refractivity contribution in [3.8, 4) is 0 Å². The molecular formula is C27H39N5O8. The summed E-state index contributed by atoms with van der Waals surface area (Å²) in [6, 6.07) is 4.28. The monoisotopic (exact) mass is 561 g/mol. The molecule has 1 unspecified atom stereocenters. The fraction of sp³-hybridized carbons (Fsp3) is 0.630. The second-order valence-electron chi connectivity index (χ2n) is 9.74. The summed E-state index contributed by atoms with van der Waals surface area (Å²) in [6.07, 6.45) is 0.240. The molecule has 220 valence electrons. The Bertz CT molecular complexity index is 1050. The third kappa shape index (κ3) is 7.83. The van der Waals surface area contributed by atoms with Crippen LogP contribution in [0.3, 0.4) is 0 Å². The molecule has 0 spiro atoms. The highest BCUT2D eigenvalue weighted by Crippen LogP contribution is 2.31. The average molecular weight is 562 g/mol. The van der Waals surface area contributed by atoms with Gasteiger partial charge in [0.1, 0.15) is 6.04 Å². The Morgan fingerprint density at radius 3 is 2.00 bits per heavy atom. The van der Waals surface area contributed by atoms with Gasteiger partial charge >= 0.3 is 0 Å². The maximum atomic E-state index is 13.1. The number of hydrogen-bond donors (Lipinski definition) is 2. The molecule has 0 aliphatic carbocycles. The first kappa shape index (κ1) is 30.0. The zero-order valence-corrected chi connectivity index (χ0v) is 22.8. The highest BCUT2D eigenvalue weighted by molar-refractivity contribution is 6.23. The molecule has 3 aliphatic heterocycles. The van der Waals surface area contributed by atoms with E-state index in [1.54, 1.807) is 12.1 Å². The van der Waals surface area contributed by atoms with E-state index in [1.807, 2.05) is 6.07 Å². The summed E-state index contributed by atoms with van der Waals surface area (Å²) in [4.78, 5) is 55.3. The van der Waals surface area contributed by atoms with Crippen molar-refractivity contribution in [2.24, 2.45) is 5.73 Å². The Kier molecular flexibility index (Phi) is 11.4. The van der Waals surface area contributed by atoms with Crippen LogP contribution in [0.1, 0.15) is 33.6 Å². The summed E-state index contributed by atoms with van der Waals surface area (Å²) < 4.78 is 21.8. The topological polar surface area (TPSA) is 153 Å². The van der Waals surface area contributed by atoms with Crippen molar-refractivity contribution >= 4 is 29.3 Å². The van der Waals surface area contributed by atoms with E-state index in [1.165, 1.54) is 0 Å². The lowest BCUT2D eigenvalue weighted by atomic mass is 10.0. The Hall–Kier alpha value is -2.94. The van der Waals surface area contributed by atoms with Gasteiger partial charge in [-0.2, -0.15) is 0 Å². The maximum absolute atomic E-state index is 13.1. The van der Waals surface area contributed by atoms with Gasteiger partial charge in [-0.3, -0.25) is 34.3 Å². The fourth-order valence-corrected chi connectivity index (χ4v) is 4.92. The van der Waals surface area contributed by atoms with Crippen molar-refractivity contribution in [2.45, 2.75) is 18.9 Å². The second-order valence-corrected chi connectivity index (χ2v) is 9.74. The van der Waals surface area contributed by atoms with Crippen molar-refractivity contribution in [3.63, 3.8) is 0 Å². The maximum Gasteiger partial charge on any atom is 0.262 e. The molecule has 1 aromatic rings. The van der Waals surface area contributed by atoms with E-state index in [-0.39, 0.29) is 12.8 Å². The number of nitrogens with two attached hydrogens (primary N) is 1. The molecule has 3 aliphatic rings. The molecule has 4 rings (SSSR count). The van der Waals surface area contributed by atoms with Crippen LogP contribution in [-0.4, -0.2) is 132 Å². The number of piperidine rings is 1. The molecule has 13 nitrogen and oxygen atoms in total. The molecule has 3 heterocycles. The van der Waals surface area contributed by atoms with Crippen LogP contribution in [-0.2, 0) is 28.5 Å². The van der Waals surface area contributed by atoms with Gasteiger partial charge in [0.2, 0.25) is 11.8 Å². The zero-order valence-electron chi connectivity index (χ0n) is 22.8. The van der Waals surface area contributed by atoms with Crippen LogP contribution in [0.15, 0.2) is 18.2 Å². The van der Waals surface area contributed by atoms with Crippen molar-refractivity contribution in [3.05, 3.63) is 29.3 Å². The van der Waals surface area contributed by atoms with Crippen LogP contribution in [0.25, 0.3) is 0 Å². The Labute approximate surface area is 233 Å². The summed E-state index contributed by atoms with van der Waals surface area (Å²) in [5.41, 5.74) is 6.80. The molecular weight excluding hydrogens is 522 g/mol. The average Bonchev–Trinajstić information content (AvgIpc) is 3.20. The van der Waals surface area contributed by atoms with E-state index in [0.717, 1.165) is 43.3 Å². The minimum Gasteiger partial charge on any atom is -0.378 e. The number of amides is 4. The van der Waals surface area contributed by atoms with E-state index in [4.69, 9.17) is 24.7 Å². The number of nitrogens with zero attached hydrogens (tertiary/aromatic N) is 3.